The minimum Gasteiger partial charge on any atom is -0.319 e. The van der Waals surface area contributed by atoms with Gasteiger partial charge in [0.2, 0.25) is 0 Å². The van der Waals surface area contributed by atoms with Crippen LogP contribution in [0.25, 0.3) is 0 Å². The average molecular weight is 346 g/mol. The second kappa shape index (κ2) is 7.07. The zero-order chi connectivity index (χ0) is 13.8. The van der Waals surface area contributed by atoms with Crippen molar-refractivity contribution in [3.05, 3.63) is 33.3 Å². The van der Waals surface area contributed by atoms with Gasteiger partial charge < -0.3 is 5.32 Å². The van der Waals surface area contributed by atoms with E-state index in [1.165, 1.54) is 24.9 Å². The van der Waals surface area contributed by atoms with Gasteiger partial charge in [-0.25, -0.2) is 0 Å². The predicted molar refractivity (Wildman–Crippen MR) is 85.8 cm³/mol. The molecule has 1 aliphatic rings. The molecule has 0 aromatic heterocycles. The number of likely N-dealkylation sites (tertiary alicyclic amines) is 1. The van der Waals surface area contributed by atoms with Crippen molar-refractivity contribution in [2.75, 3.05) is 26.7 Å². The van der Waals surface area contributed by atoms with E-state index in [1.54, 1.807) is 0 Å². The summed E-state index contributed by atoms with van der Waals surface area (Å²) < 4.78 is 1.04. The van der Waals surface area contributed by atoms with Crippen molar-refractivity contribution in [2.24, 2.45) is 5.92 Å². The topological polar surface area (TPSA) is 15.3 Å². The fourth-order valence-corrected chi connectivity index (χ4v) is 3.77. The fourth-order valence-electron chi connectivity index (χ4n) is 2.94. The second-order valence-electron chi connectivity index (χ2n) is 5.40. The Hall–Kier alpha value is -0.0900. The average Bonchev–Trinajstić information content (AvgIpc) is 2.39. The second-order valence-corrected chi connectivity index (χ2v) is 6.73. The summed E-state index contributed by atoms with van der Waals surface area (Å²) in [6.07, 6.45) is 2.61. The molecule has 0 saturated carbocycles. The first-order valence-electron chi connectivity index (χ1n) is 6.95. The molecule has 2 unspecified atom stereocenters. The number of halogens is 2. The van der Waals surface area contributed by atoms with E-state index in [9.17, 15) is 0 Å². The summed E-state index contributed by atoms with van der Waals surface area (Å²) in [4.78, 5) is 2.56. The van der Waals surface area contributed by atoms with Crippen LogP contribution >= 0.6 is 27.5 Å². The van der Waals surface area contributed by atoms with E-state index in [0.717, 1.165) is 28.5 Å². The lowest BCUT2D eigenvalue weighted by Crippen LogP contribution is -2.40. The van der Waals surface area contributed by atoms with Gasteiger partial charge in [0.05, 0.1) is 0 Å². The van der Waals surface area contributed by atoms with Gasteiger partial charge in [-0.3, -0.25) is 4.90 Å². The summed E-state index contributed by atoms with van der Waals surface area (Å²) in [5.41, 5.74) is 1.23. The van der Waals surface area contributed by atoms with Gasteiger partial charge in [0, 0.05) is 22.1 Å². The van der Waals surface area contributed by atoms with Crippen molar-refractivity contribution >= 4 is 27.5 Å². The molecular weight excluding hydrogens is 324 g/mol. The third-order valence-corrected chi connectivity index (χ3v) is 4.82. The van der Waals surface area contributed by atoms with Crippen LogP contribution in [0.1, 0.15) is 31.4 Å². The first-order valence-corrected chi connectivity index (χ1v) is 8.12. The normalized spacial score (nSPS) is 22.4. The molecule has 19 heavy (non-hydrogen) atoms. The molecule has 0 radical (unpaired) electrons. The van der Waals surface area contributed by atoms with Crippen LogP contribution in [0.5, 0.6) is 0 Å². The highest BCUT2D eigenvalue weighted by Gasteiger charge is 2.24. The van der Waals surface area contributed by atoms with E-state index < -0.39 is 0 Å². The number of benzene rings is 1. The molecule has 2 rings (SSSR count). The van der Waals surface area contributed by atoms with E-state index in [4.69, 9.17) is 11.6 Å². The van der Waals surface area contributed by atoms with Crippen molar-refractivity contribution in [3.63, 3.8) is 0 Å². The Balaban J connectivity index is 2.07. The largest absolute Gasteiger partial charge is 0.319 e. The first-order chi connectivity index (χ1) is 9.11. The number of nitrogens with zero attached hydrogens (tertiary/aromatic N) is 1. The molecule has 2 atom stereocenters. The van der Waals surface area contributed by atoms with Crippen molar-refractivity contribution in [3.8, 4) is 0 Å². The van der Waals surface area contributed by atoms with Gasteiger partial charge in [-0.05, 0) is 63.5 Å². The summed E-state index contributed by atoms with van der Waals surface area (Å²) in [5.74, 6) is 0.760. The van der Waals surface area contributed by atoms with Crippen LogP contribution in [0.4, 0.5) is 0 Å². The molecule has 1 aromatic rings. The van der Waals surface area contributed by atoms with E-state index >= 15 is 0 Å². The molecule has 0 bridgehead atoms. The van der Waals surface area contributed by atoms with Crippen molar-refractivity contribution in [1.82, 2.24) is 10.2 Å². The number of rotatable bonds is 4. The Bertz CT molecular complexity index is 423. The maximum absolute atomic E-state index is 6.37. The van der Waals surface area contributed by atoms with Crippen molar-refractivity contribution in [1.29, 1.82) is 0 Å². The zero-order valence-corrected chi connectivity index (χ0v) is 14.0. The third-order valence-electron chi connectivity index (χ3n) is 4.00. The molecule has 1 aliphatic heterocycles. The maximum atomic E-state index is 6.37. The quantitative estimate of drug-likeness (QED) is 0.884. The predicted octanol–water partition coefficient (Wildman–Crippen LogP) is 4.09. The number of hydrogen-bond acceptors (Lipinski definition) is 2. The molecule has 2 nitrogen and oxygen atoms in total. The highest BCUT2D eigenvalue weighted by atomic mass is 79.9. The lowest BCUT2D eigenvalue weighted by molar-refractivity contribution is 0.131. The smallest absolute Gasteiger partial charge is 0.0464 e. The minimum atomic E-state index is 0.389. The molecule has 1 fully saturated rings. The van der Waals surface area contributed by atoms with E-state index in [2.05, 4.69) is 45.2 Å². The minimum absolute atomic E-state index is 0.389. The molecular formula is C15H22BrClN2. The standard InChI is InChI=1S/C15H22BrClN2/c1-11(14-6-5-13(16)8-15(14)17)19-7-3-4-12(10-19)9-18-2/h5-6,8,11-12,18H,3-4,7,9-10H2,1-2H3. The Morgan fingerprint density at radius 1 is 1.53 bits per heavy atom. The summed E-state index contributed by atoms with van der Waals surface area (Å²) >= 11 is 9.84. The van der Waals surface area contributed by atoms with Gasteiger partial charge in [0.15, 0.2) is 0 Å². The van der Waals surface area contributed by atoms with Crippen LogP contribution in [-0.4, -0.2) is 31.6 Å². The van der Waals surface area contributed by atoms with E-state index in [1.807, 2.05) is 13.1 Å². The molecule has 4 heteroatoms. The molecule has 1 saturated heterocycles. The summed E-state index contributed by atoms with van der Waals surface area (Å²) in [7, 11) is 2.04. The van der Waals surface area contributed by atoms with Gasteiger partial charge in [0.1, 0.15) is 0 Å². The molecule has 106 valence electrons. The molecule has 1 N–H and O–H groups in total. The Morgan fingerprint density at radius 2 is 2.32 bits per heavy atom. The third kappa shape index (κ3) is 3.94. The van der Waals surface area contributed by atoms with Gasteiger partial charge in [-0.15, -0.1) is 0 Å². The number of nitrogens with one attached hydrogen (secondary N) is 1. The Kier molecular flexibility index (Phi) is 5.70. The Morgan fingerprint density at radius 3 is 3.00 bits per heavy atom. The SMILES string of the molecule is CNCC1CCCN(C(C)c2ccc(Br)cc2Cl)C1. The number of piperidine rings is 1. The van der Waals surface area contributed by atoms with Crippen LogP contribution in [0.3, 0.4) is 0 Å². The highest BCUT2D eigenvalue weighted by molar-refractivity contribution is 9.10. The van der Waals surface area contributed by atoms with Gasteiger partial charge in [0.25, 0.3) is 0 Å². The molecule has 1 aromatic carbocycles. The molecule has 1 heterocycles. The zero-order valence-electron chi connectivity index (χ0n) is 11.6. The van der Waals surface area contributed by atoms with Gasteiger partial charge in [-0.1, -0.05) is 33.6 Å². The molecule has 0 aliphatic carbocycles. The number of hydrogen-bond donors (Lipinski definition) is 1. The van der Waals surface area contributed by atoms with Crippen LogP contribution in [0.2, 0.25) is 5.02 Å². The fraction of sp³-hybridized carbons (Fsp3) is 0.600. The van der Waals surface area contributed by atoms with Gasteiger partial charge >= 0.3 is 0 Å². The summed E-state index contributed by atoms with van der Waals surface area (Å²) in [6, 6.07) is 6.59. The van der Waals surface area contributed by atoms with Crippen LogP contribution in [-0.2, 0) is 0 Å². The first kappa shape index (κ1) is 15.3. The molecule has 0 spiro atoms. The Labute approximate surface area is 129 Å². The summed E-state index contributed by atoms with van der Waals surface area (Å²) in [5, 5.41) is 4.16. The van der Waals surface area contributed by atoms with E-state index in [0.29, 0.717) is 6.04 Å². The summed E-state index contributed by atoms with van der Waals surface area (Å²) in [6.45, 7) is 5.70. The lowest BCUT2D eigenvalue weighted by Gasteiger charge is -2.37. The van der Waals surface area contributed by atoms with Crippen LogP contribution < -0.4 is 5.32 Å². The highest BCUT2D eigenvalue weighted by Crippen LogP contribution is 2.32. The monoisotopic (exact) mass is 344 g/mol. The van der Waals surface area contributed by atoms with E-state index in [-0.39, 0.29) is 0 Å². The van der Waals surface area contributed by atoms with Crippen LogP contribution in [0.15, 0.2) is 22.7 Å². The van der Waals surface area contributed by atoms with Crippen molar-refractivity contribution < 1.29 is 0 Å². The van der Waals surface area contributed by atoms with Crippen molar-refractivity contribution in [2.45, 2.75) is 25.8 Å². The molecule has 0 amide bonds. The maximum Gasteiger partial charge on any atom is 0.0464 e. The lowest BCUT2D eigenvalue weighted by atomic mass is 9.95. The van der Waals surface area contributed by atoms with Crippen LogP contribution in [0, 0.1) is 5.92 Å². The van der Waals surface area contributed by atoms with Gasteiger partial charge in [-0.2, -0.15) is 0 Å².